The molecule has 0 saturated heterocycles. The van der Waals surface area contributed by atoms with Crippen LogP contribution in [0.25, 0.3) is 10.9 Å². The highest BCUT2D eigenvalue weighted by atomic mass is 19.4. The third-order valence-corrected chi connectivity index (χ3v) is 4.99. The molecule has 0 amide bonds. The summed E-state index contributed by atoms with van der Waals surface area (Å²) in [6.07, 6.45) is -1.74. The minimum atomic E-state index is -4.56. The molecular weight excluding hydrogens is 389 g/mol. The fourth-order valence-corrected chi connectivity index (χ4v) is 3.54. The molecular formula is C24H17F3N2O. The van der Waals surface area contributed by atoms with Crippen LogP contribution in [0, 0.1) is 0 Å². The number of hydrogen-bond donors (Lipinski definition) is 0. The van der Waals surface area contributed by atoms with Crippen molar-refractivity contribution in [3.05, 3.63) is 108 Å². The molecule has 2 aromatic carbocycles. The summed E-state index contributed by atoms with van der Waals surface area (Å²) in [5, 5.41) is 0.887. The van der Waals surface area contributed by atoms with Crippen molar-refractivity contribution in [2.24, 2.45) is 0 Å². The van der Waals surface area contributed by atoms with Crippen LogP contribution in [-0.4, -0.2) is 15.8 Å². The van der Waals surface area contributed by atoms with Gasteiger partial charge in [-0.2, -0.15) is 13.2 Å². The summed E-state index contributed by atoms with van der Waals surface area (Å²) >= 11 is 0. The van der Waals surface area contributed by atoms with Crippen molar-refractivity contribution >= 4 is 16.7 Å². The van der Waals surface area contributed by atoms with Crippen LogP contribution in [0.3, 0.4) is 0 Å². The monoisotopic (exact) mass is 406 g/mol. The van der Waals surface area contributed by atoms with E-state index in [1.54, 1.807) is 60.8 Å². The van der Waals surface area contributed by atoms with Crippen molar-refractivity contribution in [3.63, 3.8) is 0 Å². The summed E-state index contributed by atoms with van der Waals surface area (Å²) < 4.78 is 40.9. The van der Waals surface area contributed by atoms with E-state index < -0.39 is 17.7 Å². The molecule has 0 unspecified atom stereocenters. The molecule has 6 heteroatoms. The van der Waals surface area contributed by atoms with E-state index in [0.29, 0.717) is 16.6 Å². The number of aromatic nitrogens is 2. The van der Waals surface area contributed by atoms with Gasteiger partial charge in [-0.25, -0.2) is 0 Å². The first-order valence-electron chi connectivity index (χ1n) is 9.38. The predicted octanol–water partition coefficient (Wildman–Crippen LogP) is 6.05. The summed E-state index contributed by atoms with van der Waals surface area (Å²) in [4.78, 5) is 21.4. The Balaban J connectivity index is 1.75. The number of ketones is 1. The smallest absolute Gasteiger partial charge is 0.294 e. The Labute approximate surface area is 171 Å². The molecule has 0 aliphatic carbocycles. The highest BCUT2D eigenvalue weighted by Gasteiger charge is 2.37. The summed E-state index contributed by atoms with van der Waals surface area (Å²) in [7, 11) is 0. The third kappa shape index (κ3) is 4.08. The number of Topliss-reactive ketones (excluding diaryl/α,β-unsaturated/α-hetero) is 1. The number of halogens is 3. The van der Waals surface area contributed by atoms with Crippen molar-refractivity contribution in [3.8, 4) is 0 Å². The number of pyridine rings is 2. The van der Waals surface area contributed by atoms with Gasteiger partial charge in [0.15, 0.2) is 5.78 Å². The van der Waals surface area contributed by atoms with Gasteiger partial charge in [-0.15, -0.1) is 0 Å². The van der Waals surface area contributed by atoms with E-state index in [4.69, 9.17) is 0 Å². The second-order valence-corrected chi connectivity index (χ2v) is 6.94. The second-order valence-electron chi connectivity index (χ2n) is 6.94. The van der Waals surface area contributed by atoms with Crippen LogP contribution in [0.5, 0.6) is 0 Å². The Morgan fingerprint density at radius 1 is 0.867 bits per heavy atom. The Bertz CT molecular complexity index is 1190. The lowest BCUT2D eigenvalue weighted by Crippen LogP contribution is -2.17. The van der Waals surface area contributed by atoms with Gasteiger partial charge < -0.3 is 0 Å². The Morgan fingerprint density at radius 3 is 2.37 bits per heavy atom. The molecule has 1 atom stereocenters. The number of benzene rings is 2. The van der Waals surface area contributed by atoms with Crippen LogP contribution in [-0.2, 0) is 6.18 Å². The molecule has 0 N–H and O–H groups in total. The molecule has 4 rings (SSSR count). The van der Waals surface area contributed by atoms with Crippen LogP contribution >= 0.6 is 0 Å². The number of hydrogen-bond acceptors (Lipinski definition) is 3. The molecule has 3 nitrogen and oxygen atoms in total. The first-order valence-corrected chi connectivity index (χ1v) is 9.38. The van der Waals surface area contributed by atoms with Gasteiger partial charge in [0.2, 0.25) is 0 Å². The van der Waals surface area contributed by atoms with Crippen molar-refractivity contribution in [1.82, 2.24) is 9.97 Å². The SMILES string of the molecule is O=C(C[C@@H](c1ccccc1)c1ncccc1C(F)(F)F)c1ccc2cccnc2c1. The highest BCUT2D eigenvalue weighted by molar-refractivity contribution is 5.99. The van der Waals surface area contributed by atoms with E-state index in [2.05, 4.69) is 9.97 Å². The Hall–Kier alpha value is -3.54. The zero-order valence-electron chi connectivity index (χ0n) is 15.8. The number of nitrogens with zero attached hydrogens (tertiary/aromatic N) is 2. The lowest BCUT2D eigenvalue weighted by Gasteiger charge is -2.21. The first kappa shape index (κ1) is 19.8. The molecule has 2 heterocycles. The first-order chi connectivity index (χ1) is 14.4. The summed E-state index contributed by atoms with van der Waals surface area (Å²) in [6, 6.07) is 19.8. The maximum Gasteiger partial charge on any atom is 0.418 e. The van der Waals surface area contributed by atoms with Crippen LogP contribution in [0.1, 0.15) is 39.5 Å². The molecule has 150 valence electrons. The van der Waals surface area contributed by atoms with Crippen molar-refractivity contribution < 1.29 is 18.0 Å². The van der Waals surface area contributed by atoms with E-state index in [1.807, 2.05) is 6.07 Å². The fraction of sp³-hybridized carbons (Fsp3) is 0.125. The van der Waals surface area contributed by atoms with Gasteiger partial charge in [0.25, 0.3) is 0 Å². The average Bonchev–Trinajstić information content (AvgIpc) is 2.77. The van der Waals surface area contributed by atoms with Crippen LogP contribution < -0.4 is 0 Å². The summed E-state index contributed by atoms with van der Waals surface area (Å²) in [5.41, 5.74) is 0.698. The van der Waals surface area contributed by atoms with Crippen molar-refractivity contribution in [2.45, 2.75) is 18.5 Å². The lowest BCUT2D eigenvalue weighted by atomic mass is 9.86. The van der Waals surface area contributed by atoms with E-state index >= 15 is 0 Å². The van der Waals surface area contributed by atoms with Gasteiger partial charge in [-0.05, 0) is 29.8 Å². The molecule has 0 aliphatic rings. The number of rotatable bonds is 5. The predicted molar refractivity (Wildman–Crippen MR) is 108 cm³/mol. The molecule has 0 fully saturated rings. The largest absolute Gasteiger partial charge is 0.418 e. The minimum absolute atomic E-state index is 0.136. The van der Waals surface area contributed by atoms with Gasteiger partial charge in [0.1, 0.15) is 0 Å². The van der Waals surface area contributed by atoms with E-state index in [9.17, 15) is 18.0 Å². The summed E-state index contributed by atoms with van der Waals surface area (Å²) in [5.74, 6) is -1.09. The fourth-order valence-electron chi connectivity index (χ4n) is 3.54. The van der Waals surface area contributed by atoms with Crippen LogP contribution in [0.15, 0.2) is 85.2 Å². The number of fused-ring (bicyclic) bond motifs is 1. The molecule has 0 spiro atoms. The van der Waals surface area contributed by atoms with Gasteiger partial charge in [0, 0.05) is 35.7 Å². The van der Waals surface area contributed by atoms with Crippen LogP contribution in [0.4, 0.5) is 13.2 Å². The van der Waals surface area contributed by atoms with E-state index in [0.717, 1.165) is 11.5 Å². The van der Waals surface area contributed by atoms with Gasteiger partial charge in [-0.1, -0.05) is 48.5 Å². The Kier molecular flexibility index (Phi) is 5.31. The van der Waals surface area contributed by atoms with Crippen molar-refractivity contribution in [2.75, 3.05) is 0 Å². The normalized spacial score (nSPS) is 12.6. The number of alkyl halides is 3. The maximum absolute atomic E-state index is 13.6. The topological polar surface area (TPSA) is 42.9 Å². The molecule has 4 aromatic rings. The number of carbonyl (C=O) groups is 1. The third-order valence-electron chi connectivity index (χ3n) is 4.99. The highest BCUT2D eigenvalue weighted by Crippen LogP contribution is 2.38. The molecule has 2 aromatic heterocycles. The zero-order chi connectivity index (χ0) is 21.1. The molecule has 0 bridgehead atoms. The number of carbonyl (C=O) groups excluding carboxylic acids is 1. The van der Waals surface area contributed by atoms with Crippen LogP contribution in [0.2, 0.25) is 0 Å². The molecule has 0 saturated carbocycles. The summed E-state index contributed by atoms with van der Waals surface area (Å²) in [6.45, 7) is 0. The van der Waals surface area contributed by atoms with Gasteiger partial charge >= 0.3 is 6.18 Å². The zero-order valence-corrected chi connectivity index (χ0v) is 15.8. The van der Waals surface area contributed by atoms with Gasteiger partial charge in [-0.3, -0.25) is 14.8 Å². The van der Waals surface area contributed by atoms with E-state index in [-0.39, 0.29) is 17.9 Å². The average molecular weight is 406 g/mol. The Morgan fingerprint density at radius 2 is 1.60 bits per heavy atom. The molecule has 0 radical (unpaired) electrons. The quantitative estimate of drug-likeness (QED) is 0.379. The molecule has 0 aliphatic heterocycles. The molecule has 30 heavy (non-hydrogen) atoms. The van der Waals surface area contributed by atoms with Crippen molar-refractivity contribution in [1.29, 1.82) is 0 Å². The maximum atomic E-state index is 13.6. The van der Waals surface area contributed by atoms with E-state index in [1.165, 1.54) is 12.3 Å². The standard InChI is InChI=1S/C24H17F3N2O/c25-24(26,27)20-9-5-13-29-23(20)19(16-6-2-1-3-7-16)15-22(30)18-11-10-17-8-4-12-28-21(17)14-18/h1-14,19H,15H2/t19-/m0/s1. The minimum Gasteiger partial charge on any atom is -0.294 e. The van der Waals surface area contributed by atoms with Gasteiger partial charge in [0.05, 0.1) is 16.8 Å². The second kappa shape index (κ2) is 8.06. The lowest BCUT2D eigenvalue weighted by molar-refractivity contribution is -0.138.